The molecule has 0 saturated heterocycles. The summed E-state index contributed by atoms with van der Waals surface area (Å²) in [5.74, 6) is -1.10. The first-order chi connectivity index (χ1) is 13.3. The largest absolute Gasteiger partial charge is 0.480 e. The van der Waals surface area contributed by atoms with Gasteiger partial charge in [0.1, 0.15) is 6.04 Å². The van der Waals surface area contributed by atoms with Gasteiger partial charge in [-0.25, -0.2) is 9.13 Å². The first-order valence-electron chi connectivity index (χ1n) is 9.94. The lowest BCUT2D eigenvalue weighted by molar-refractivity contribution is -0.138. The van der Waals surface area contributed by atoms with Crippen molar-refractivity contribution in [3.05, 3.63) is 0 Å². The third-order valence-corrected chi connectivity index (χ3v) is 8.82. The smallest absolute Gasteiger partial charge is 0.418 e. The summed E-state index contributed by atoms with van der Waals surface area (Å²) in [6, 6.07) is -1.00. The predicted molar refractivity (Wildman–Crippen MR) is 112 cm³/mol. The number of unbranched alkanes of at least 4 members (excludes halogenated alkanes) is 1. The zero-order valence-electron chi connectivity index (χ0n) is 18.6. The molecule has 12 heteroatoms. The monoisotopic (exact) mass is 460 g/mol. The Labute approximate surface area is 174 Å². The number of hydrogen-bond donors (Lipinski definition) is 2. The van der Waals surface area contributed by atoms with Gasteiger partial charge in [0.05, 0.1) is 24.9 Å². The summed E-state index contributed by atoms with van der Waals surface area (Å²) in [6.07, 6.45) is -0.462. The first-order valence-corrected chi connectivity index (χ1v) is 12.9. The Hall–Kier alpha value is -0.310. The molecule has 0 heterocycles. The summed E-state index contributed by atoms with van der Waals surface area (Å²) in [5, 5.41) is 8.91. The molecule has 0 rings (SSSR count). The number of hydrogen-bond acceptors (Lipinski definition) is 8. The molecule has 2 unspecified atom stereocenters. The number of rotatable bonds is 16. The number of carboxylic acid groups (broad SMARTS) is 1. The molecule has 0 saturated carbocycles. The lowest BCUT2D eigenvalue weighted by Crippen LogP contribution is -2.30. The van der Waals surface area contributed by atoms with E-state index < -0.39 is 45.8 Å². The Morgan fingerprint density at radius 3 is 1.76 bits per heavy atom. The van der Waals surface area contributed by atoms with Crippen LogP contribution in [0.3, 0.4) is 0 Å². The third kappa shape index (κ3) is 10.5. The molecule has 29 heavy (non-hydrogen) atoms. The van der Waals surface area contributed by atoms with Crippen molar-refractivity contribution in [2.45, 2.75) is 92.1 Å². The highest BCUT2D eigenvalue weighted by molar-refractivity contribution is 7.67. The van der Waals surface area contributed by atoms with Gasteiger partial charge in [-0.1, -0.05) is 0 Å². The van der Waals surface area contributed by atoms with Crippen LogP contribution in [0.2, 0.25) is 0 Å². The van der Waals surface area contributed by atoms with Gasteiger partial charge in [0, 0.05) is 6.54 Å². The summed E-state index contributed by atoms with van der Waals surface area (Å²) in [5.41, 5.74) is 5.53. The zero-order chi connectivity index (χ0) is 22.8. The lowest BCUT2D eigenvalue weighted by Gasteiger charge is -2.36. The van der Waals surface area contributed by atoms with E-state index in [1.54, 1.807) is 48.5 Å². The molecule has 0 aliphatic heterocycles. The topological polar surface area (TPSA) is 138 Å². The van der Waals surface area contributed by atoms with E-state index in [0.29, 0.717) is 12.8 Å². The van der Waals surface area contributed by atoms with Gasteiger partial charge in [-0.2, -0.15) is 0 Å². The minimum absolute atomic E-state index is 0.00689. The first kappa shape index (κ1) is 28.7. The van der Waals surface area contributed by atoms with Gasteiger partial charge in [-0.05, 0) is 67.7 Å². The predicted octanol–water partition coefficient (Wildman–Crippen LogP) is 4.40. The fourth-order valence-electron chi connectivity index (χ4n) is 2.37. The van der Waals surface area contributed by atoms with E-state index in [4.69, 9.17) is 28.9 Å². The highest BCUT2D eigenvalue weighted by Gasteiger charge is 2.49. The summed E-state index contributed by atoms with van der Waals surface area (Å²) < 4.78 is 50.6. The van der Waals surface area contributed by atoms with E-state index >= 15 is 0 Å². The van der Waals surface area contributed by atoms with Crippen molar-refractivity contribution in [3.63, 3.8) is 0 Å². The summed E-state index contributed by atoms with van der Waals surface area (Å²) in [6.45, 7) is 11.8. The molecule has 0 spiro atoms. The van der Waals surface area contributed by atoms with Crippen LogP contribution in [0.1, 0.15) is 67.7 Å². The van der Waals surface area contributed by atoms with Gasteiger partial charge in [-0.15, -0.1) is 4.44 Å². The molecule has 0 aromatic heterocycles. The number of aliphatic carboxylic acids is 1. The fraction of sp³-hybridized carbons (Fsp3) is 0.941. The van der Waals surface area contributed by atoms with Gasteiger partial charge in [0.15, 0.2) is 0 Å². The molecule has 0 bridgehead atoms. The van der Waals surface area contributed by atoms with Gasteiger partial charge in [0.2, 0.25) is 0 Å². The molecule has 174 valence electrons. The van der Waals surface area contributed by atoms with Crippen molar-refractivity contribution < 1.29 is 37.1 Å². The Morgan fingerprint density at radius 2 is 1.38 bits per heavy atom. The Balaban J connectivity index is 5.83. The SMILES string of the molecule is CCOP(=O)(OC(C)C)N(CCCCC(N)C(=O)O)P(=O)(OC(C)C)OC(C)C. The summed E-state index contributed by atoms with van der Waals surface area (Å²) in [4.78, 5) is 10.9. The molecule has 0 aliphatic carbocycles. The normalized spacial score (nSPS) is 16.0. The van der Waals surface area contributed by atoms with E-state index in [9.17, 15) is 13.9 Å². The molecule has 0 aromatic rings. The second kappa shape index (κ2) is 13.2. The Kier molecular flexibility index (Phi) is 13.0. The Bertz CT molecular complexity index is 572. The van der Waals surface area contributed by atoms with Crippen LogP contribution in [-0.4, -0.2) is 53.0 Å². The van der Waals surface area contributed by atoms with Gasteiger partial charge < -0.3 is 10.8 Å². The van der Waals surface area contributed by atoms with Crippen molar-refractivity contribution in [1.82, 2.24) is 4.44 Å². The number of carbonyl (C=O) groups is 1. The molecule has 0 amide bonds. The van der Waals surface area contributed by atoms with Gasteiger partial charge >= 0.3 is 21.5 Å². The van der Waals surface area contributed by atoms with E-state index in [2.05, 4.69) is 0 Å². The van der Waals surface area contributed by atoms with E-state index in [1.807, 2.05) is 0 Å². The lowest BCUT2D eigenvalue weighted by atomic mass is 10.1. The maximum absolute atomic E-state index is 13.7. The molecule has 0 aliphatic rings. The number of nitrogens with zero attached hydrogens (tertiary/aromatic N) is 1. The van der Waals surface area contributed by atoms with Gasteiger partial charge in [0.25, 0.3) is 0 Å². The molecule has 2 atom stereocenters. The zero-order valence-corrected chi connectivity index (χ0v) is 20.4. The number of nitrogens with two attached hydrogens (primary N) is 1. The maximum atomic E-state index is 13.7. The number of carboxylic acids is 1. The second-order valence-electron chi connectivity index (χ2n) is 7.35. The minimum atomic E-state index is -4.06. The van der Waals surface area contributed by atoms with E-state index in [0.717, 1.165) is 4.44 Å². The van der Waals surface area contributed by atoms with Crippen molar-refractivity contribution in [1.29, 1.82) is 0 Å². The standard InChI is InChI=1S/C17H38N2O8P2/c1-8-24-28(22,25-13(2)3)19(12-10-9-11-16(18)17(20)21)29(23,26-14(4)5)27-15(6)7/h13-16H,8-12,18H2,1-7H3,(H,20,21). The molecule has 0 aromatic carbocycles. The molecular weight excluding hydrogens is 422 g/mol. The second-order valence-corrected chi connectivity index (χ2v) is 11.4. The quantitative estimate of drug-likeness (QED) is 0.252. The molecular formula is C17H38N2O8P2. The van der Waals surface area contributed by atoms with Crippen molar-refractivity contribution in [2.24, 2.45) is 5.73 Å². The van der Waals surface area contributed by atoms with Crippen molar-refractivity contribution >= 4 is 21.5 Å². The van der Waals surface area contributed by atoms with Crippen LogP contribution < -0.4 is 5.73 Å². The minimum Gasteiger partial charge on any atom is -0.480 e. The fourth-order valence-corrected chi connectivity index (χ4v) is 7.24. The molecule has 0 fully saturated rings. The van der Waals surface area contributed by atoms with Crippen LogP contribution in [0.4, 0.5) is 0 Å². The molecule has 10 nitrogen and oxygen atoms in total. The van der Waals surface area contributed by atoms with Crippen molar-refractivity contribution in [2.75, 3.05) is 13.2 Å². The van der Waals surface area contributed by atoms with E-state index in [-0.39, 0.29) is 19.6 Å². The van der Waals surface area contributed by atoms with Crippen LogP contribution in [0, 0.1) is 0 Å². The Morgan fingerprint density at radius 1 is 0.931 bits per heavy atom. The highest BCUT2D eigenvalue weighted by Crippen LogP contribution is 2.69. The van der Waals surface area contributed by atoms with Crippen LogP contribution >= 0.6 is 15.5 Å². The van der Waals surface area contributed by atoms with Crippen LogP contribution in [0.25, 0.3) is 0 Å². The summed E-state index contributed by atoms with van der Waals surface area (Å²) >= 11 is 0. The maximum Gasteiger partial charge on any atom is 0.418 e. The van der Waals surface area contributed by atoms with Crippen LogP contribution in [-0.2, 0) is 32.0 Å². The highest BCUT2D eigenvalue weighted by atomic mass is 31.3. The van der Waals surface area contributed by atoms with E-state index in [1.165, 1.54) is 0 Å². The molecule has 0 radical (unpaired) electrons. The average molecular weight is 460 g/mol. The van der Waals surface area contributed by atoms with Crippen LogP contribution in [0.5, 0.6) is 0 Å². The average Bonchev–Trinajstić information content (AvgIpc) is 2.51. The molecule has 3 N–H and O–H groups in total. The third-order valence-electron chi connectivity index (χ3n) is 3.33. The van der Waals surface area contributed by atoms with Gasteiger partial charge in [-0.3, -0.25) is 22.9 Å². The van der Waals surface area contributed by atoms with Crippen LogP contribution in [0.15, 0.2) is 0 Å². The van der Waals surface area contributed by atoms with Crippen molar-refractivity contribution in [3.8, 4) is 0 Å². The summed E-state index contributed by atoms with van der Waals surface area (Å²) in [7, 11) is -8.09.